The minimum atomic E-state index is -0.581. The third kappa shape index (κ3) is 3.52. The fraction of sp³-hybridized carbons (Fsp3) is 0.250. The third-order valence-corrected chi connectivity index (χ3v) is 2.59. The van der Waals surface area contributed by atoms with E-state index >= 15 is 0 Å². The van der Waals surface area contributed by atoms with Crippen molar-refractivity contribution in [3.05, 3.63) is 40.6 Å². The van der Waals surface area contributed by atoms with Crippen LogP contribution in [0.3, 0.4) is 0 Å². The highest BCUT2D eigenvalue weighted by Crippen LogP contribution is 2.20. The van der Waals surface area contributed by atoms with Crippen LogP contribution >= 0.6 is 11.6 Å². The van der Waals surface area contributed by atoms with E-state index in [9.17, 15) is 9.18 Å². The molecule has 0 aliphatic rings. The van der Waals surface area contributed by atoms with Crippen LogP contribution in [-0.2, 0) is 6.54 Å². The van der Waals surface area contributed by atoms with E-state index in [1.54, 1.807) is 0 Å². The van der Waals surface area contributed by atoms with Gasteiger partial charge in [-0.25, -0.2) is 9.37 Å². The molecule has 8 heteroatoms. The average Bonchev–Trinajstić information content (AvgIpc) is 2.80. The second kappa shape index (κ2) is 5.98. The first-order chi connectivity index (χ1) is 9.45. The van der Waals surface area contributed by atoms with Crippen molar-refractivity contribution in [1.82, 2.24) is 15.0 Å². The van der Waals surface area contributed by atoms with Crippen molar-refractivity contribution >= 4 is 23.3 Å². The number of nitrogens with one attached hydrogen (secondary N) is 1. The van der Waals surface area contributed by atoms with E-state index in [1.807, 2.05) is 19.0 Å². The summed E-state index contributed by atoms with van der Waals surface area (Å²) in [6, 6.07) is 2.58. The summed E-state index contributed by atoms with van der Waals surface area (Å²) >= 11 is 5.77. The van der Waals surface area contributed by atoms with Gasteiger partial charge in [-0.3, -0.25) is 4.79 Å². The quantitative estimate of drug-likeness (QED) is 0.936. The van der Waals surface area contributed by atoms with Crippen molar-refractivity contribution in [1.29, 1.82) is 0 Å². The SMILES string of the molecule is CN(C)Cc1cc(C(=O)Nc2ncc(F)cc2Cl)no1. The minimum absolute atomic E-state index is 0.00959. The zero-order chi connectivity index (χ0) is 14.7. The molecule has 2 rings (SSSR count). The van der Waals surface area contributed by atoms with Gasteiger partial charge in [-0.15, -0.1) is 0 Å². The summed E-state index contributed by atoms with van der Waals surface area (Å²) in [5.74, 6) is -0.490. The van der Waals surface area contributed by atoms with E-state index in [-0.39, 0.29) is 16.5 Å². The van der Waals surface area contributed by atoms with E-state index < -0.39 is 11.7 Å². The zero-order valence-electron chi connectivity index (χ0n) is 10.9. The van der Waals surface area contributed by atoms with Gasteiger partial charge in [-0.05, 0) is 20.2 Å². The smallest absolute Gasteiger partial charge is 0.279 e. The van der Waals surface area contributed by atoms with Gasteiger partial charge in [0.05, 0.1) is 17.8 Å². The number of hydrogen-bond acceptors (Lipinski definition) is 5. The standard InChI is InChI=1S/C12H12ClFN4O2/c1-18(2)6-8-4-10(17-20-8)12(19)16-11-9(13)3-7(14)5-15-11/h3-5H,6H2,1-2H3,(H,15,16,19). The van der Waals surface area contributed by atoms with Gasteiger partial charge < -0.3 is 14.7 Å². The fourth-order valence-corrected chi connectivity index (χ4v) is 1.68. The summed E-state index contributed by atoms with van der Waals surface area (Å²) in [7, 11) is 3.73. The van der Waals surface area contributed by atoms with E-state index in [4.69, 9.17) is 16.1 Å². The van der Waals surface area contributed by atoms with E-state index in [1.165, 1.54) is 6.07 Å². The molecule has 0 spiro atoms. The number of carbonyl (C=O) groups excluding carboxylic acids is 1. The largest absolute Gasteiger partial charge is 0.359 e. The molecule has 2 heterocycles. The fourth-order valence-electron chi connectivity index (χ4n) is 1.48. The van der Waals surface area contributed by atoms with E-state index in [0.717, 1.165) is 12.3 Å². The van der Waals surface area contributed by atoms with Crippen molar-refractivity contribution in [2.24, 2.45) is 0 Å². The lowest BCUT2D eigenvalue weighted by molar-refractivity contribution is 0.101. The summed E-state index contributed by atoms with van der Waals surface area (Å²) in [6.07, 6.45) is 0.960. The summed E-state index contributed by atoms with van der Waals surface area (Å²) in [4.78, 5) is 17.5. The molecule has 0 saturated carbocycles. The monoisotopic (exact) mass is 298 g/mol. The average molecular weight is 299 g/mol. The van der Waals surface area contributed by atoms with Gasteiger partial charge in [-0.1, -0.05) is 16.8 Å². The van der Waals surface area contributed by atoms with Crippen molar-refractivity contribution in [2.45, 2.75) is 6.54 Å². The first-order valence-corrected chi connectivity index (χ1v) is 6.06. The Bertz CT molecular complexity index is 630. The Hall–Kier alpha value is -1.99. The second-order valence-corrected chi connectivity index (χ2v) is 4.76. The molecule has 0 atom stereocenters. The predicted molar refractivity (Wildman–Crippen MR) is 71.1 cm³/mol. The topological polar surface area (TPSA) is 71.3 Å². The maximum Gasteiger partial charge on any atom is 0.279 e. The van der Waals surface area contributed by atoms with Crippen LogP contribution in [0, 0.1) is 5.82 Å². The molecule has 0 unspecified atom stereocenters. The number of rotatable bonds is 4. The van der Waals surface area contributed by atoms with E-state index in [2.05, 4.69) is 15.5 Å². The number of nitrogens with zero attached hydrogens (tertiary/aromatic N) is 3. The molecular weight excluding hydrogens is 287 g/mol. The molecule has 0 bridgehead atoms. The predicted octanol–water partition coefficient (Wildman–Crippen LogP) is 2.18. The molecular formula is C12H12ClFN4O2. The summed E-state index contributed by atoms with van der Waals surface area (Å²) < 4.78 is 17.9. The number of pyridine rings is 1. The highest BCUT2D eigenvalue weighted by molar-refractivity contribution is 6.33. The van der Waals surface area contributed by atoms with Gasteiger partial charge in [0.15, 0.2) is 17.3 Å². The minimum Gasteiger partial charge on any atom is -0.359 e. The molecule has 0 saturated heterocycles. The summed E-state index contributed by atoms with van der Waals surface area (Å²) in [6.45, 7) is 0.524. The highest BCUT2D eigenvalue weighted by Gasteiger charge is 2.15. The zero-order valence-corrected chi connectivity index (χ0v) is 11.6. The van der Waals surface area contributed by atoms with Crippen molar-refractivity contribution in [3.63, 3.8) is 0 Å². The summed E-state index contributed by atoms with van der Waals surface area (Å²) in [5, 5.41) is 6.10. The van der Waals surface area contributed by atoms with Crippen molar-refractivity contribution < 1.29 is 13.7 Å². The molecule has 106 valence electrons. The Morgan fingerprint density at radius 1 is 1.50 bits per heavy atom. The molecule has 0 aliphatic carbocycles. The number of carbonyl (C=O) groups is 1. The summed E-state index contributed by atoms with van der Waals surface area (Å²) in [5.41, 5.74) is 0.101. The number of amides is 1. The number of hydrogen-bond donors (Lipinski definition) is 1. The molecule has 0 radical (unpaired) electrons. The highest BCUT2D eigenvalue weighted by atomic mass is 35.5. The number of anilines is 1. The van der Waals surface area contributed by atoms with Gasteiger partial charge in [0.1, 0.15) is 5.82 Å². The number of aromatic nitrogens is 2. The van der Waals surface area contributed by atoms with Crippen molar-refractivity contribution in [2.75, 3.05) is 19.4 Å². The lowest BCUT2D eigenvalue weighted by Gasteiger charge is -2.04. The molecule has 1 amide bonds. The molecule has 0 fully saturated rings. The van der Waals surface area contributed by atoms with Gasteiger partial charge in [0.25, 0.3) is 5.91 Å². The van der Waals surface area contributed by atoms with Gasteiger partial charge >= 0.3 is 0 Å². The molecule has 0 aromatic carbocycles. The Balaban J connectivity index is 2.09. The van der Waals surface area contributed by atoms with Crippen LogP contribution in [-0.4, -0.2) is 35.0 Å². The Morgan fingerprint density at radius 2 is 2.25 bits per heavy atom. The van der Waals surface area contributed by atoms with E-state index in [0.29, 0.717) is 12.3 Å². The van der Waals surface area contributed by atoms with Crippen LogP contribution in [0.2, 0.25) is 5.02 Å². The van der Waals surface area contributed by atoms with Gasteiger partial charge in [-0.2, -0.15) is 0 Å². The lowest BCUT2D eigenvalue weighted by Crippen LogP contribution is -2.14. The maximum atomic E-state index is 12.8. The van der Waals surface area contributed by atoms with Crippen LogP contribution in [0.4, 0.5) is 10.2 Å². The first kappa shape index (κ1) is 14.4. The molecule has 2 aromatic heterocycles. The first-order valence-electron chi connectivity index (χ1n) is 5.68. The number of halogens is 2. The molecule has 2 aromatic rings. The second-order valence-electron chi connectivity index (χ2n) is 4.35. The Kier molecular flexibility index (Phi) is 4.31. The lowest BCUT2D eigenvalue weighted by atomic mass is 10.3. The normalized spacial score (nSPS) is 10.8. The molecule has 0 aliphatic heterocycles. The van der Waals surface area contributed by atoms with Crippen LogP contribution < -0.4 is 5.32 Å². The van der Waals surface area contributed by atoms with Crippen LogP contribution in [0.5, 0.6) is 0 Å². The third-order valence-electron chi connectivity index (χ3n) is 2.30. The van der Waals surface area contributed by atoms with Gasteiger partial charge in [0.2, 0.25) is 0 Å². The Labute approximate surface area is 119 Å². The van der Waals surface area contributed by atoms with Crippen molar-refractivity contribution in [3.8, 4) is 0 Å². The van der Waals surface area contributed by atoms with Crippen LogP contribution in [0.25, 0.3) is 0 Å². The van der Waals surface area contributed by atoms with Gasteiger partial charge in [0, 0.05) is 6.07 Å². The molecule has 6 nitrogen and oxygen atoms in total. The maximum absolute atomic E-state index is 12.8. The van der Waals surface area contributed by atoms with Crippen LogP contribution in [0.15, 0.2) is 22.9 Å². The van der Waals surface area contributed by atoms with Crippen LogP contribution in [0.1, 0.15) is 16.2 Å². The Morgan fingerprint density at radius 3 is 2.90 bits per heavy atom. The molecule has 1 N–H and O–H groups in total. The molecule has 20 heavy (non-hydrogen) atoms.